The molecule has 168 valence electrons. The summed E-state index contributed by atoms with van der Waals surface area (Å²) in [7, 11) is 0. The second-order valence-electron chi connectivity index (χ2n) is 9.18. The highest BCUT2D eigenvalue weighted by Gasteiger charge is 2.35. The highest BCUT2D eigenvalue weighted by Crippen LogP contribution is 2.38. The molecule has 1 aliphatic rings. The van der Waals surface area contributed by atoms with Gasteiger partial charge in [0.2, 0.25) is 0 Å². The van der Waals surface area contributed by atoms with Gasteiger partial charge in [0.05, 0.1) is 12.8 Å². The normalized spacial score (nSPS) is 19.1. The first-order valence-electron chi connectivity index (χ1n) is 11.1. The summed E-state index contributed by atoms with van der Waals surface area (Å²) in [5, 5.41) is 0. The van der Waals surface area contributed by atoms with Crippen LogP contribution in [0.4, 0.5) is 16.2 Å². The van der Waals surface area contributed by atoms with Crippen molar-refractivity contribution >= 4 is 17.5 Å². The van der Waals surface area contributed by atoms with Crippen LogP contribution in [-0.2, 0) is 4.74 Å². The molecule has 1 amide bonds. The molecule has 0 bridgehead atoms. The zero-order valence-electron chi connectivity index (χ0n) is 19.6. The number of ether oxygens (including phenoxy) is 2. The van der Waals surface area contributed by atoms with Gasteiger partial charge in [-0.05, 0) is 66.5 Å². The van der Waals surface area contributed by atoms with Crippen molar-refractivity contribution in [3.63, 3.8) is 0 Å². The maximum absolute atomic E-state index is 12.7. The minimum atomic E-state index is -0.496. The van der Waals surface area contributed by atoms with Crippen molar-refractivity contribution in [2.45, 2.75) is 72.1 Å². The van der Waals surface area contributed by atoms with Crippen molar-refractivity contribution in [2.75, 3.05) is 18.1 Å². The van der Waals surface area contributed by atoms with Crippen LogP contribution in [0.5, 0.6) is 5.75 Å². The number of benzene rings is 1. The van der Waals surface area contributed by atoms with E-state index in [0.717, 1.165) is 30.0 Å². The summed E-state index contributed by atoms with van der Waals surface area (Å²) in [5.74, 6) is 0.820. The van der Waals surface area contributed by atoms with E-state index in [1.807, 2.05) is 44.9 Å². The number of likely N-dealkylation sites (tertiary alicyclic amines) is 1. The first-order valence-corrected chi connectivity index (χ1v) is 11.1. The molecule has 2 aromatic rings. The molecule has 2 heterocycles. The first kappa shape index (κ1) is 22.9. The number of amides is 1. The van der Waals surface area contributed by atoms with Crippen LogP contribution in [-0.4, -0.2) is 46.8 Å². The molecule has 1 aromatic heterocycles. The largest absolute Gasteiger partial charge is 0.492 e. The molecule has 3 rings (SSSR count). The Hall–Kier alpha value is -2.76. The number of nitrogens with zero attached hydrogens (tertiary/aromatic N) is 3. The van der Waals surface area contributed by atoms with Crippen LogP contribution in [0, 0.1) is 6.92 Å². The van der Waals surface area contributed by atoms with Gasteiger partial charge in [0.15, 0.2) is 0 Å². The molecule has 1 aliphatic heterocycles. The van der Waals surface area contributed by atoms with Crippen LogP contribution in [0.25, 0.3) is 0 Å². The van der Waals surface area contributed by atoms with Crippen molar-refractivity contribution in [2.24, 2.45) is 0 Å². The third kappa shape index (κ3) is 5.69. The van der Waals surface area contributed by atoms with Crippen LogP contribution in [0.15, 0.2) is 42.7 Å². The van der Waals surface area contributed by atoms with E-state index in [4.69, 9.17) is 9.47 Å². The van der Waals surface area contributed by atoms with E-state index >= 15 is 0 Å². The van der Waals surface area contributed by atoms with E-state index < -0.39 is 5.60 Å². The van der Waals surface area contributed by atoms with E-state index in [1.165, 1.54) is 5.56 Å². The number of aromatic nitrogens is 1. The number of hydrogen-bond acceptors (Lipinski definition) is 5. The van der Waals surface area contributed by atoms with Gasteiger partial charge >= 0.3 is 6.09 Å². The fourth-order valence-corrected chi connectivity index (χ4v) is 4.06. The number of anilines is 2. The lowest BCUT2D eigenvalue weighted by Gasteiger charge is -2.43. The molecule has 2 atom stereocenters. The van der Waals surface area contributed by atoms with Gasteiger partial charge in [-0.3, -0.25) is 4.98 Å². The molecule has 31 heavy (non-hydrogen) atoms. The lowest BCUT2D eigenvalue weighted by atomic mass is 9.96. The number of piperidine rings is 1. The molecule has 6 heteroatoms. The molecule has 1 saturated heterocycles. The summed E-state index contributed by atoms with van der Waals surface area (Å²) in [6, 6.07) is 10.7. The van der Waals surface area contributed by atoms with Gasteiger partial charge < -0.3 is 19.3 Å². The second kappa shape index (κ2) is 9.58. The van der Waals surface area contributed by atoms with Gasteiger partial charge in [-0.2, -0.15) is 0 Å². The minimum Gasteiger partial charge on any atom is -0.492 e. The lowest BCUT2D eigenvalue weighted by Crippen LogP contribution is -2.51. The number of pyridine rings is 1. The standard InChI is InChI=1S/C25H35N3O3/c1-7-30-23-12-14-26-17-22(23)28(20-10-8-18(2)9-11-20)21-13-15-27(19(3)16-21)24(29)31-25(4,5)6/h8-12,14,17,19,21H,7,13,15-16H2,1-6H3. The van der Waals surface area contributed by atoms with Gasteiger partial charge in [-0.15, -0.1) is 0 Å². The van der Waals surface area contributed by atoms with Crippen molar-refractivity contribution in [1.29, 1.82) is 0 Å². The third-order valence-electron chi connectivity index (χ3n) is 5.47. The summed E-state index contributed by atoms with van der Waals surface area (Å²) in [6.07, 6.45) is 5.05. The van der Waals surface area contributed by atoms with Crippen molar-refractivity contribution in [3.8, 4) is 5.75 Å². The van der Waals surface area contributed by atoms with E-state index in [0.29, 0.717) is 13.2 Å². The Bertz CT molecular complexity index is 876. The highest BCUT2D eigenvalue weighted by molar-refractivity contribution is 5.71. The van der Waals surface area contributed by atoms with Gasteiger partial charge in [-0.25, -0.2) is 4.79 Å². The topological polar surface area (TPSA) is 54.9 Å². The number of carbonyl (C=O) groups is 1. The highest BCUT2D eigenvalue weighted by atomic mass is 16.6. The molecular formula is C25H35N3O3. The molecule has 0 radical (unpaired) electrons. The average Bonchev–Trinajstić information content (AvgIpc) is 2.70. The van der Waals surface area contributed by atoms with Crippen molar-refractivity contribution in [3.05, 3.63) is 48.3 Å². The Labute approximate surface area is 186 Å². The monoisotopic (exact) mass is 425 g/mol. The van der Waals surface area contributed by atoms with Crippen molar-refractivity contribution in [1.82, 2.24) is 9.88 Å². The van der Waals surface area contributed by atoms with Crippen molar-refractivity contribution < 1.29 is 14.3 Å². The third-order valence-corrected chi connectivity index (χ3v) is 5.47. The molecule has 0 spiro atoms. The van der Waals surface area contributed by atoms with Crippen LogP contribution < -0.4 is 9.64 Å². The van der Waals surface area contributed by atoms with Gasteiger partial charge in [0, 0.05) is 36.6 Å². The summed E-state index contributed by atoms with van der Waals surface area (Å²) in [4.78, 5) is 21.2. The van der Waals surface area contributed by atoms with E-state index in [-0.39, 0.29) is 18.2 Å². The Kier molecular flexibility index (Phi) is 7.08. The number of carbonyl (C=O) groups excluding carboxylic acids is 1. The minimum absolute atomic E-state index is 0.0637. The number of rotatable bonds is 5. The van der Waals surface area contributed by atoms with E-state index in [1.54, 1.807) is 6.20 Å². The Morgan fingerprint density at radius 3 is 2.55 bits per heavy atom. The Morgan fingerprint density at radius 1 is 1.23 bits per heavy atom. The summed E-state index contributed by atoms with van der Waals surface area (Å²) in [6.45, 7) is 13.1. The smallest absolute Gasteiger partial charge is 0.410 e. The lowest BCUT2D eigenvalue weighted by molar-refractivity contribution is 0.0106. The fourth-order valence-electron chi connectivity index (χ4n) is 4.06. The summed E-state index contributed by atoms with van der Waals surface area (Å²) < 4.78 is 11.5. The Morgan fingerprint density at radius 2 is 1.94 bits per heavy atom. The second-order valence-corrected chi connectivity index (χ2v) is 9.18. The summed E-state index contributed by atoms with van der Waals surface area (Å²) in [5.41, 5.74) is 2.77. The molecular weight excluding hydrogens is 390 g/mol. The zero-order valence-corrected chi connectivity index (χ0v) is 19.6. The molecule has 2 unspecified atom stereocenters. The molecule has 0 aliphatic carbocycles. The number of aryl methyl sites for hydroxylation is 1. The van der Waals surface area contributed by atoms with Gasteiger partial charge in [0.1, 0.15) is 17.0 Å². The van der Waals surface area contributed by atoms with Gasteiger partial charge in [0.25, 0.3) is 0 Å². The summed E-state index contributed by atoms with van der Waals surface area (Å²) >= 11 is 0. The SMILES string of the molecule is CCOc1ccncc1N(c1ccc(C)cc1)C1CCN(C(=O)OC(C)(C)C)C(C)C1. The predicted octanol–water partition coefficient (Wildman–Crippen LogP) is 5.71. The average molecular weight is 426 g/mol. The van der Waals surface area contributed by atoms with Crippen LogP contribution in [0.3, 0.4) is 0 Å². The molecule has 0 N–H and O–H groups in total. The van der Waals surface area contributed by atoms with Crippen LogP contribution in [0.2, 0.25) is 0 Å². The van der Waals surface area contributed by atoms with E-state index in [2.05, 4.69) is 48.0 Å². The first-order chi connectivity index (χ1) is 14.7. The number of hydrogen-bond donors (Lipinski definition) is 0. The molecule has 6 nitrogen and oxygen atoms in total. The fraction of sp³-hybridized carbons (Fsp3) is 0.520. The maximum Gasteiger partial charge on any atom is 0.410 e. The van der Waals surface area contributed by atoms with E-state index in [9.17, 15) is 4.79 Å². The zero-order chi connectivity index (χ0) is 22.6. The predicted molar refractivity (Wildman–Crippen MR) is 124 cm³/mol. The van der Waals surface area contributed by atoms with Gasteiger partial charge in [-0.1, -0.05) is 17.7 Å². The Balaban J connectivity index is 1.90. The van der Waals surface area contributed by atoms with Crippen LogP contribution >= 0.6 is 0 Å². The molecule has 1 aromatic carbocycles. The molecule has 0 saturated carbocycles. The quantitative estimate of drug-likeness (QED) is 0.614. The van der Waals surface area contributed by atoms with Crippen LogP contribution in [0.1, 0.15) is 53.0 Å². The maximum atomic E-state index is 12.7. The molecule has 1 fully saturated rings.